The molecule has 0 aliphatic heterocycles. The first-order chi connectivity index (χ1) is 34.0. The van der Waals surface area contributed by atoms with Gasteiger partial charge in [0.15, 0.2) is 0 Å². The Morgan fingerprint density at radius 2 is 0.707 bits per heavy atom. The Bertz CT molecular complexity index is 2500. The zero-order valence-electron chi connectivity index (χ0n) is 41.4. The van der Waals surface area contributed by atoms with E-state index in [2.05, 4.69) is 38.8 Å². The lowest BCUT2D eigenvalue weighted by Crippen LogP contribution is -2.35. The number of nitrogens with two attached hydrogens (primary N) is 1. The second kappa shape index (κ2) is 29.6. The van der Waals surface area contributed by atoms with Crippen LogP contribution in [0.25, 0.3) is 0 Å². The number of hydrogen-bond donors (Lipinski definition) is 5. The summed E-state index contributed by atoms with van der Waals surface area (Å²) in [4.78, 5) is 44.0. The van der Waals surface area contributed by atoms with Crippen LogP contribution in [0.4, 0.5) is 72.8 Å². The van der Waals surface area contributed by atoms with Gasteiger partial charge in [0, 0.05) is 26.4 Å². The molecule has 0 aromatic heterocycles. The SMILES string of the molecule is CC(C)(C)OC(=O)c1c(F)cc(Br)cc1F.CC[C@@H](Nc1cc(F)c(C(=O)O)c(F)c1)C(F)(F)F.CC[C@@H](Nc1cc(F)c(C(=O)OC(C)(C)C)c(F)c1)C(F)(F)F.CC[C@H](C)N.O=C(O)c1c(F)cc(Br)cc1F. The van der Waals surface area contributed by atoms with E-state index in [4.69, 9.17) is 25.4 Å². The molecule has 0 aliphatic carbocycles. The maximum Gasteiger partial charge on any atom is 0.408 e. The van der Waals surface area contributed by atoms with Crippen LogP contribution in [0.15, 0.2) is 57.5 Å². The molecule has 3 atom stereocenters. The van der Waals surface area contributed by atoms with Gasteiger partial charge in [0.05, 0.1) is 0 Å². The van der Waals surface area contributed by atoms with Crippen LogP contribution in [0.3, 0.4) is 0 Å². The Hall–Kier alpha value is -5.70. The lowest BCUT2D eigenvalue weighted by Gasteiger charge is -2.22. The summed E-state index contributed by atoms with van der Waals surface area (Å²) in [6.45, 7) is 16.0. The molecule has 6 N–H and O–H groups in total. The van der Waals surface area contributed by atoms with Gasteiger partial charge in [-0.15, -0.1) is 0 Å². The molecule has 27 heteroatoms. The molecule has 0 saturated carbocycles. The summed E-state index contributed by atoms with van der Waals surface area (Å²) < 4.78 is 192. The Balaban J connectivity index is 0.000000962. The summed E-state index contributed by atoms with van der Waals surface area (Å²) in [7, 11) is 0. The van der Waals surface area contributed by atoms with Gasteiger partial charge in [-0.1, -0.05) is 52.6 Å². The van der Waals surface area contributed by atoms with Crippen molar-refractivity contribution in [1.29, 1.82) is 0 Å². The summed E-state index contributed by atoms with van der Waals surface area (Å²) in [6.07, 6.45) is -8.72. The minimum atomic E-state index is -4.58. The van der Waals surface area contributed by atoms with Crippen molar-refractivity contribution < 1.29 is 100 Å². The van der Waals surface area contributed by atoms with Gasteiger partial charge in [0.25, 0.3) is 0 Å². The third-order valence-corrected chi connectivity index (χ3v) is 9.58. The summed E-state index contributed by atoms with van der Waals surface area (Å²) in [5.41, 5.74) is -1.08. The van der Waals surface area contributed by atoms with Crippen molar-refractivity contribution in [2.24, 2.45) is 5.73 Å². The summed E-state index contributed by atoms with van der Waals surface area (Å²) >= 11 is 5.75. The standard InChI is InChI=1S/C15H18F5NO2.C11H11BrF2O2.C11H10F5NO2.C7H3BrF2O2.C4H11N/c1-5-11(15(18,19)20)21-8-6-9(16)12(10(17)7-8)13(22)23-14(2,3)4;1-11(2,3)16-10(15)9-7(13)4-6(12)5-8(9)14;1-2-8(11(14,15)16)17-5-3-6(12)9(10(18)19)7(13)4-5;8-3-1-4(9)6(7(11)12)5(10)2-3;1-3-4(2)5/h6-7,11,21H,5H2,1-4H3;4-5H,1-3H3;3-4,8,17H,2H2,1H3,(H,18,19);1-2H,(H,11,12);4H,3,5H2,1-2H3/t11-;;8-;;4-/m1.1.0/s1. The molecule has 0 radical (unpaired) electrons. The number of anilines is 2. The van der Waals surface area contributed by atoms with E-state index >= 15 is 0 Å². The minimum Gasteiger partial charge on any atom is -0.477 e. The van der Waals surface area contributed by atoms with Crippen molar-refractivity contribution in [3.63, 3.8) is 0 Å². The normalized spacial score (nSPS) is 12.5. The second-order valence-corrected chi connectivity index (χ2v) is 19.2. The number of esters is 2. The molecular weight excluding hydrogens is 1170 g/mol. The lowest BCUT2D eigenvalue weighted by molar-refractivity contribution is -0.143. The van der Waals surface area contributed by atoms with Crippen LogP contribution < -0.4 is 16.4 Å². The first kappa shape index (κ1) is 69.3. The highest BCUT2D eigenvalue weighted by molar-refractivity contribution is 9.10. The molecule has 4 rings (SSSR count). The van der Waals surface area contributed by atoms with E-state index in [9.17, 15) is 80.6 Å². The number of hydrogen-bond acceptors (Lipinski definition) is 9. The molecule has 0 fully saturated rings. The number of rotatable bonds is 11. The molecule has 420 valence electrons. The maximum atomic E-state index is 13.9. The predicted octanol–water partition coefficient (Wildman–Crippen LogP) is 14.9. The first-order valence-electron chi connectivity index (χ1n) is 21.6. The number of aromatic carboxylic acids is 2. The van der Waals surface area contributed by atoms with Gasteiger partial charge in [-0.25, -0.2) is 54.3 Å². The smallest absolute Gasteiger partial charge is 0.408 e. The van der Waals surface area contributed by atoms with Crippen molar-refractivity contribution in [2.45, 2.75) is 130 Å². The van der Waals surface area contributed by atoms with Crippen LogP contribution in [-0.2, 0) is 9.47 Å². The van der Waals surface area contributed by atoms with Crippen molar-refractivity contribution in [3.05, 3.63) is 126 Å². The number of carbonyl (C=O) groups is 4. The van der Waals surface area contributed by atoms with E-state index in [1.165, 1.54) is 34.6 Å². The predicted molar refractivity (Wildman–Crippen MR) is 257 cm³/mol. The van der Waals surface area contributed by atoms with E-state index < -0.39 is 140 Å². The van der Waals surface area contributed by atoms with E-state index in [0.29, 0.717) is 30.3 Å². The van der Waals surface area contributed by atoms with Crippen LogP contribution in [-0.4, -0.2) is 75.8 Å². The number of halogens is 16. The molecular formula is C48H53Br2F14N3O8. The fourth-order valence-corrected chi connectivity index (χ4v) is 5.89. The highest BCUT2D eigenvalue weighted by atomic mass is 79.9. The van der Waals surface area contributed by atoms with Crippen LogP contribution in [0.5, 0.6) is 0 Å². The molecule has 0 saturated heterocycles. The Kier molecular flexibility index (Phi) is 27.3. The summed E-state index contributed by atoms with van der Waals surface area (Å²) in [6, 6.07) is 2.59. The molecule has 4 aromatic rings. The highest BCUT2D eigenvalue weighted by Crippen LogP contribution is 2.30. The molecule has 0 aliphatic rings. The number of carboxylic acids is 2. The van der Waals surface area contributed by atoms with Gasteiger partial charge in [0.1, 0.15) is 92.1 Å². The number of carboxylic acid groups (broad SMARTS) is 2. The zero-order valence-corrected chi connectivity index (χ0v) is 44.6. The van der Waals surface area contributed by atoms with Crippen LogP contribution in [0, 0.1) is 46.5 Å². The average molecular weight is 1230 g/mol. The van der Waals surface area contributed by atoms with Crippen molar-refractivity contribution in [2.75, 3.05) is 10.6 Å². The zero-order chi connectivity index (χ0) is 58.9. The first-order valence-corrected chi connectivity index (χ1v) is 23.2. The average Bonchev–Trinajstić information content (AvgIpc) is 3.19. The molecule has 11 nitrogen and oxygen atoms in total. The number of ether oxygens (including phenoxy) is 2. The van der Waals surface area contributed by atoms with Gasteiger partial charge >= 0.3 is 36.2 Å². The largest absolute Gasteiger partial charge is 0.477 e. The Morgan fingerprint density at radius 1 is 0.493 bits per heavy atom. The van der Waals surface area contributed by atoms with E-state index in [1.54, 1.807) is 20.8 Å². The topological polar surface area (TPSA) is 177 Å². The van der Waals surface area contributed by atoms with Crippen molar-refractivity contribution in [3.8, 4) is 0 Å². The Labute approximate surface area is 438 Å². The molecule has 0 spiro atoms. The molecule has 0 heterocycles. The fourth-order valence-electron chi connectivity index (χ4n) is 5.09. The van der Waals surface area contributed by atoms with E-state index in [-0.39, 0.29) is 21.8 Å². The fraction of sp³-hybridized carbons (Fsp3) is 0.417. The number of alkyl halides is 6. The lowest BCUT2D eigenvalue weighted by atomic mass is 10.1. The van der Waals surface area contributed by atoms with Crippen LogP contribution in [0.2, 0.25) is 0 Å². The van der Waals surface area contributed by atoms with Crippen molar-refractivity contribution in [1.82, 2.24) is 0 Å². The van der Waals surface area contributed by atoms with E-state index in [0.717, 1.165) is 30.7 Å². The van der Waals surface area contributed by atoms with Gasteiger partial charge in [-0.05, 0) is 116 Å². The monoisotopic (exact) mass is 1220 g/mol. The van der Waals surface area contributed by atoms with Gasteiger partial charge in [-0.3, -0.25) is 0 Å². The number of carbonyl (C=O) groups excluding carboxylic acids is 2. The second-order valence-electron chi connectivity index (χ2n) is 17.4. The molecule has 0 amide bonds. The number of nitrogens with one attached hydrogen (secondary N) is 2. The van der Waals surface area contributed by atoms with Gasteiger partial charge in [0.2, 0.25) is 0 Å². The highest BCUT2D eigenvalue weighted by Gasteiger charge is 2.39. The number of benzene rings is 4. The van der Waals surface area contributed by atoms with Gasteiger partial charge < -0.3 is 36.1 Å². The summed E-state index contributed by atoms with van der Waals surface area (Å²) in [5.74, 6) is -15.2. The molecule has 0 unspecified atom stereocenters. The maximum absolute atomic E-state index is 13.9. The van der Waals surface area contributed by atoms with Crippen LogP contribution >= 0.6 is 31.9 Å². The minimum absolute atomic E-state index is 0.169. The van der Waals surface area contributed by atoms with Gasteiger partial charge in [-0.2, -0.15) is 26.3 Å². The van der Waals surface area contributed by atoms with Crippen LogP contribution in [0.1, 0.15) is 130 Å². The van der Waals surface area contributed by atoms with Crippen molar-refractivity contribution >= 4 is 67.1 Å². The third-order valence-electron chi connectivity index (χ3n) is 8.66. The Morgan fingerprint density at radius 3 is 0.893 bits per heavy atom. The quantitative estimate of drug-likeness (QED) is 0.0713. The molecule has 4 aromatic carbocycles. The van der Waals surface area contributed by atoms with E-state index in [1.807, 2.05) is 17.6 Å². The third kappa shape index (κ3) is 24.7. The summed E-state index contributed by atoms with van der Waals surface area (Å²) in [5, 5.41) is 20.8. The molecule has 0 bridgehead atoms. The molecule has 75 heavy (non-hydrogen) atoms.